The van der Waals surface area contributed by atoms with Gasteiger partial charge in [-0.3, -0.25) is 0 Å². The van der Waals surface area contributed by atoms with Gasteiger partial charge in [0, 0.05) is 18.6 Å². The van der Waals surface area contributed by atoms with Crippen molar-refractivity contribution in [2.24, 2.45) is 10.8 Å². The molecule has 0 nitrogen and oxygen atoms in total. The summed E-state index contributed by atoms with van der Waals surface area (Å²) in [7, 11) is 0. The molecule has 0 saturated heterocycles. The average Bonchev–Trinajstić information content (AvgIpc) is 1.12. The molecule has 0 N–H and O–H groups in total. The fourth-order valence-corrected chi connectivity index (χ4v) is 0. The molecule has 0 fully saturated rings. The Labute approximate surface area is 128 Å². The minimum atomic E-state index is 0. The van der Waals surface area contributed by atoms with Crippen molar-refractivity contribution in [3.63, 3.8) is 0 Å². The molecular formula is C13H31VW-3. The van der Waals surface area contributed by atoms with E-state index in [1.54, 1.807) is 0 Å². The molecule has 0 atom stereocenters. The van der Waals surface area contributed by atoms with E-state index in [4.69, 9.17) is 0 Å². The quantitative estimate of drug-likeness (QED) is 0.478. The zero-order valence-electron chi connectivity index (χ0n) is 12.3. The summed E-state index contributed by atoms with van der Waals surface area (Å²) in [5, 5.41) is 0. The van der Waals surface area contributed by atoms with Crippen LogP contribution < -0.4 is 0 Å². The van der Waals surface area contributed by atoms with Crippen LogP contribution in [0.2, 0.25) is 0 Å². The molecule has 0 saturated carbocycles. The van der Waals surface area contributed by atoms with Crippen LogP contribution in [0.4, 0.5) is 0 Å². The minimum absolute atomic E-state index is 0. The van der Waals surface area contributed by atoms with Crippen LogP contribution in [0.1, 0.15) is 41.5 Å². The maximum atomic E-state index is 3.77. The van der Waals surface area contributed by atoms with Gasteiger partial charge in [0.15, 0.2) is 0 Å². The van der Waals surface area contributed by atoms with Gasteiger partial charge in [-0.1, -0.05) is 41.5 Å². The molecule has 0 aliphatic heterocycles. The molecule has 0 heterocycles. The van der Waals surface area contributed by atoms with Gasteiger partial charge in [0.2, 0.25) is 0 Å². The van der Waals surface area contributed by atoms with Crippen molar-refractivity contribution in [3.05, 3.63) is 36.1 Å². The van der Waals surface area contributed by atoms with Crippen molar-refractivity contribution in [2.45, 2.75) is 41.5 Å². The van der Waals surface area contributed by atoms with Gasteiger partial charge < -0.3 is 36.1 Å². The zero-order valence-corrected chi connectivity index (χ0v) is 16.6. The van der Waals surface area contributed by atoms with E-state index in [1.807, 2.05) is 0 Å². The van der Waals surface area contributed by atoms with Gasteiger partial charge in [0.1, 0.15) is 0 Å². The Bertz CT molecular complexity index is 53.5. The summed E-state index contributed by atoms with van der Waals surface area (Å²) in [5.41, 5.74) is 0.500. The molecule has 0 rings (SSSR count). The van der Waals surface area contributed by atoms with E-state index in [1.165, 1.54) is 0 Å². The van der Waals surface area contributed by atoms with Crippen LogP contribution in [0, 0.1) is 47.0 Å². The normalized spacial score (nSPS) is 8.00. The van der Waals surface area contributed by atoms with E-state index in [0.29, 0.717) is 0 Å². The summed E-state index contributed by atoms with van der Waals surface area (Å²) in [6, 6.07) is 0. The molecule has 0 amide bonds. The van der Waals surface area contributed by atoms with Gasteiger partial charge in [-0.25, -0.2) is 0 Å². The Morgan fingerprint density at radius 2 is 0.600 bits per heavy atom. The number of rotatable bonds is 0. The van der Waals surface area contributed by atoms with E-state index in [-0.39, 0.29) is 72.7 Å². The van der Waals surface area contributed by atoms with E-state index in [0.717, 1.165) is 0 Å². The molecule has 0 aliphatic rings. The minimum Gasteiger partial charge on any atom is -0.358 e. The molecule has 0 aromatic heterocycles. The van der Waals surface area contributed by atoms with Gasteiger partial charge in [0.05, 0.1) is 0 Å². The Balaban J connectivity index is -0.0000000128. The van der Waals surface area contributed by atoms with Crippen LogP contribution in [0.5, 0.6) is 0 Å². The van der Waals surface area contributed by atoms with Gasteiger partial charge in [-0.15, -0.1) is 0 Å². The molecule has 0 spiro atoms. The maximum Gasteiger partial charge on any atom is 2.00 e. The second-order valence-corrected chi connectivity index (χ2v) is 5.12. The molecule has 0 aromatic carbocycles. The molecule has 0 aromatic rings. The average molecular weight is 422 g/mol. The summed E-state index contributed by atoms with van der Waals surface area (Å²) in [4.78, 5) is 0. The smallest absolute Gasteiger partial charge is 0.358 e. The predicted octanol–water partition coefficient (Wildman–Crippen LogP) is 5.08. The van der Waals surface area contributed by atoms with Crippen LogP contribution in [-0.4, -0.2) is 0 Å². The zero-order chi connectivity index (χ0) is 9.00. The summed E-state index contributed by atoms with van der Waals surface area (Å²) in [6.07, 6.45) is 0. The second-order valence-electron chi connectivity index (χ2n) is 5.12. The SMILES string of the molecule is [CH2-]C(C)(C)C.[CH2-]C(C)(C)C.[CH3-].[CH3-].[CH3-].[V].[W+2]. The number of hydrogen-bond acceptors (Lipinski definition) is 0. The van der Waals surface area contributed by atoms with Crippen LogP contribution in [-0.2, 0) is 39.6 Å². The van der Waals surface area contributed by atoms with E-state index >= 15 is 0 Å². The summed E-state index contributed by atoms with van der Waals surface area (Å²) in [5.74, 6) is 0. The summed E-state index contributed by atoms with van der Waals surface area (Å²) in [6.45, 7) is 20.0. The molecule has 0 aliphatic carbocycles. The van der Waals surface area contributed by atoms with Crippen LogP contribution >= 0.6 is 0 Å². The monoisotopic (exact) mass is 422 g/mol. The third-order valence-corrected chi connectivity index (χ3v) is 0. The summed E-state index contributed by atoms with van der Waals surface area (Å²) >= 11 is 0. The first kappa shape index (κ1) is 44.1. The Morgan fingerprint density at radius 1 is 0.600 bits per heavy atom. The second kappa shape index (κ2) is 17.7. The molecule has 1 radical (unpaired) electrons. The fraction of sp³-hybridized carbons (Fsp3) is 0.615. The molecule has 15 heavy (non-hydrogen) atoms. The van der Waals surface area contributed by atoms with Gasteiger partial charge >= 0.3 is 21.1 Å². The maximum absolute atomic E-state index is 3.77. The van der Waals surface area contributed by atoms with Crippen molar-refractivity contribution in [3.8, 4) is 0 Å². The molecule has 0 bridgehead atoms. The van der Waals surface area contributed by atoms with Gasteiger partial charge in [-0.05, 0) is 0 Å². The Hall–Kier alpha value is 1.27. The van der Waals surface area contributed by atoms with Gasteiger partial charge in [-0.2, -0.15) is 10.8 Å². The van der Waals surface area contributed by atoms with Crippen molar-refractivity contribution in [2.75, 3.05) is 0 Å². The van der Waals surface area contributed by atoms with E-state index in [2.05, 4.69) is 55.4 Å². The van der Waals surface area contributed by atoms with Crippen molar-refractivity contribution in [1.29, 1.82) is 0 Å². The van der Waals surface area contributed by atoms with Crippen molar-refractivity contribution in [1.82, 2.24) is 0 Å². The molecule has 2 heteroatoms. The predicted molar refractivity (Wildman–Crippen MR) is 68.9 cm³/mol. The Kier molecular flexibility index (Phi) is 52.0. The Morgan fingerprint density at radius 3 is 0.600 bits per heavy atom. The first-order valence-electron chi connectivity index (χ1n) is 3.71. The topological polar surface area (TPSA) is 0 Å². The first-order chi connectivity index (χ1) is 4.00. The van der Waals surface area contributed by atoms with Crippen molar-refractivity contribution >= 4 is 0 Å². The van der Waals surface area contributed by atoms with Crippen LogP contribution in [0.25, 0.3) is 0 Å². The largest absolute Gasteiger partial charge is 2.00 e. The molecule has 97 valence electrons. The van der Waals surface area contributed by atoms with E-state index < -0.39 is 0 Å². The van der Waals surface area contributed by atoms with Crippen LogP contribution in [0.3, 0.4) is 0 Å². The first-order valence-corrected chi connectivity index (χ1v) is 3.71. The molecule has 0 unspecified atom stereocenters. The standard InChI is InChI=1S/2C5H11.3CH3.V.W/c2*1-5(2,3)4;;;;;/h2*1H2,2-4H3;3*1H3;;/q5*-1;;+2. The molecular weight excluding hydrogens is 391 g/mol. The fourth-order valence-electron chi connectivity index (χ4n) is 0. The van der Waals surface area contributed by atoms with E-state index in [9.17, 15) is 0 Å². The van der Waals surface area contributed by atoms with Crippen molar-refractivity contribution < 1.29 is 39.6 Å². The number of hydrogen-bond donors (Lipinski definition) is 0. The van der Waals surface area contributed by atoms with Gasteiger partial charge in [0.25, 0.3) is 0 Å². The third-order valence-electron chi connectivity index (χ3n) is 0. The third kappa shape index (κ3) is 1660. The van der Waals surface area contributed by atoms with Crippen LogP contribution in [0.15, 0.2) is 0 Å². The summed E-state index contributed by atoms with van der Waals surface area (Å²) < 4.78 is 0.